The number of H-pyrrole nitrogens is 1. The van der Waals surface area contributed by atoms with Crippen LogP contribution in [0, 0.1) is 0 Å². The Bertz CT molecular complexity index is 202. The van der Waals surface area contributed by atoms with E-state index in [1.807, 2.05) is 7.05 Å². The molecule has 1 heterocycles. The van der Waals surface area contributed by atoms with Crippen LogP contribution in [0.2, 0.25) is 0 Å². The van der Waals surface area contributed by atoms with Gasteiger partial charge in [-0.3, -0.25) is 0 Å². The largest absolute Gasteiger partial charge is 0.395 e. The molecular formula is C7H13N3O. The zero-order chi connectivity index (χ0) is 8.81. The summed E-state index contributed by atoms with van der Waals surface area (Å²) in [5, 5.41) is 7.35. The third-order valence-corrected chi connectivity index (χ3v) is 1.63. The Morgan fingerprint density at radius 2 is 2.91 bits per heavy atom. The number of nitrogens with one attached hydrogen (secondary N) is 2. The Morgan fingerprint density at radius 1 is 2.00 bits per heavy atom. The first kappa shape index (κ1) is 6.82. The van der Waals surface area contributed by atoms with Crippen LogP contribution in [0.15, 0.2) is 12.5 Å². The lowest BCUT2D eigenvalue weighted by molar-refractivity contribution is 0.247. The number of rotatable bonds is 5. The summed E-state index contributed by atoms with van der Waals surface area (Å²) in [5.74, 6) is 0. The number of hydrogen-bond donors (Lipinski definition) is 3. The normalized spacial score (nSPS) is 14.5. The summed E-state index contributed by atoms with van der Waals surface area (Å²) in [7, 11) is 1.85. The number of aliphatic hydroxyl groups excluding tert-OH is 1. The average molecular weight is 157 g/mol. The molecule has 62 valence electrons. The smallest absolute Gasteiger partial charge is 0.210 e. The SMILES string of the molecule is [3H]OCC(Cc1cnc[nH]1)NC. The second-order valence-electron chi connectivity index (χ2n) is 2.43. The van der Waals surface area contributed by atoms with E-state index in [0.29, 0.717) is 6.61 Å². The molecule has 0 amide bonds. The first-order chi connectivity index (χ1) is 5.86. The molecule has 0 aliphatic rings. The molecule has 0 radical (unpaired) electrons. The highest BCUT2D eigenvalue weighted by Crippen LogP contribution is 1.96. The van der Waals surface area contributed by atoms with Gasteiger partial charge in [0.05, 0.1) is 12.9 Å². The Kier molecular flexibility index (Phi) is 2.54. The zero-order valence-electron chi connectivity index (χ0n) is 7.50. The highest BCUT2D eigenvalue weighted by atomic mass is 16.3. The molecule has 0 saturated carbocycles. The molecule has 0 spiro atoms. The first-order valence-corrected chi connectivity index (χ1v) is 3.59. The highest BCUT2D eigenvalue weighted by molar-refractivity contribution is 4.97. The fraction of sp³-hybridized carbons (Fsp3) is 0.571. The van der Waals surface area contributed by atoms with Crippen molar-refractivity contribution in [1.29, 1.82) is 1.43 Å². The van der Waals surface area contributed by atoms with E-state index in [0.717, 1.165) is 12.1 Å². The molecule has 0 aliphatic heterocycles. The third-order valence-electron chi connectivity index (χ3n) is 1.63. The molecule has 1 aromatic heterocycles. The molecule has 11 heavy (non-hydrogen) atoms. The first-order valence-electron chi connectivity index (χ1n) is 4.00. The van der Waals surface area contributed by atoms with Crippen LogP contribution in [-0.2, 0) is 6.42 Å². The molecule has 1 aromatic rings. The van der Waals surface area contributed by atoms with Crippen LogP contribution in [0.25, 0.3) is 0 Å². The second-order valence-corrected chi connectivity index (χ2v) is 2.43. The van der Waals surface area contributed by atoms with Crippen molar-refractivity contribution in [3.8, 4) is 0 Å². The minimum absolute atomic E-state index is 0.169. The van der Waals surface area contributed by atoms with Gasteiger partial charge in [-0.15, -0.1) is 0 Å². The number of aromatic amines is 1. The van der Waals surface area contributed by atoms with Crippen molar-refractivity contribution in [2.45, 2.75) is 12.5 Å². The molecule has 1 atom stereocenters. The fourth-order valence-corrected chi connectivity index (χ4v) is 0.906. The summed E-state index contributed by atoms with van der Waals surface area (Å²) in [6, 6.07) is 0.169. The van der Waals surface area contributed by atoms with Gasteiger partial charge >= 0.3 is 0 Å². The molecule has 1 rings (SSSR count). The van der Waals surface area contributed by atoms with Gasteiger partial charge in [0.15, 0.2) is 0 Å². The minimum Gasteiger partial charge on any atom is -0.395 e. The third kappa shape index (κ3) is 2.32. The van der Waals surface area contributed by atoms with E-state index in [1.54, 1.807) is 12.5 Å². The number of imidazole rings is 1. The molecule has 0 fully saturated rings. The van der Waals surface area contributed by atoms with Crippen molar-refractivity contribution < 1.29 is 5.11 Å². The van der Waals surface area contributed by atoms with Crippen LogP contribution in [0.5, 0.6) is 0 Å². The molecule has 4 heteroatoms. The maximum absolute atomic E-state index is 6.60. The Hall–Kier alpha value is -0.870. The topological polar surface area (TPSA) is 60.9 Å². The van der Waals surface area contributed by atoms with Crippen molar-refractivity contribution >= 4 is 0 Å². The van der Waals surface area contributed by atoms with Crippen molar-refractivity contribution in [3.63, 3.8) is 0 Å². The predicted molar refractivity (Wildman–Crippen MR) is 42.2 cm³/mol. The monoisotopic (exact) mass is 157 g/mol. The quantitative estimate of drug-likeness (QED) is 0.541. The van der Waals surface area contributed by atoms with Crippen LogP contribution in [0.3, 0.4) is 0 Å². The summed E-state index contributed by atoms with van der Waals surface area (Å²) >= 11 is 0. The van der Waals surface area contributed by atoms with E-state index < -0.39 is 0 Å². The van der Waals surface area contributed by atoms with E-state index in [9.17, 15) is 0 Å². The van der Waals surface area contributed by atoms with E-state index in [1.165, 1.54) is 0 Å². The average Bonchev–Trinajstić information content (AvgIpc) is 2.56. The molecule has 0 bridgehead atoms. The Morgan fingerprint density at radius 3 is 3.45 bits per heavy atom. The van der Waals surface area contributed by atoms with Crippen LogP contribution in [0.4, 0.5) is 0 Å². The number of hydrogen-bond acceptors (Lipinski definition) is 3. The highest BCUT2D eigenvalue weighted by Gasteiger charge is 2.05. The van der Waals surface area contributed by atoms with Gasteiger partial charge < -0.3 is 15.4 Å². The maximum atomic E-state index is 6.60. The molecule has 0 aliphatic carbocycles. The van der Waals surface area contributed by atoms with Gasteiger partial charge in [0.1, 0.15) is 0 Å². The lowest BCUT2D eigenvalue weighted by Crippen LogP contribution is -2.31. The van der Waals surface area contributed by atoms with Crippen molar-refractivity contribution in [1.82, 2.24) is 15.3 Å². The minimum atomic E-state index is 0.169. The molecule has 0 saturated heterocycles. The van der Waals surface area contributed by atoms with Gasteiger partial charge in [-0.25, -0.2) is 4.98 Å². The van der Waals surface area contributed by atoms with Gasteiger partial charge in [0.2, 0.25) is 1.43 Å². The molecule has 3 N–H and O–H groups in total. The van der Waals surface area contributed by atoms with Gasteiger partial charge in [-0.2, -0.15) is 0 Å². The van der Waals surface area contributed by atoms with Crippen molar-refractivity contribution in [3.05, 3.63) is 18.2 Å². The second kappa shape index (κ2) is 4.10. The summed E-state index contributed by atoms with van der Waals surface area (Å²) in [6.45, 7) is 0.384. The molecule has 4 nitrogen and oxygen atoms in total. The lowest BCUT2D eigenvalue weighted by atomic mass is 10.2. The number of nitrogens with zero attached hydrogens (tertiary/aromatic N) is 1. The van der Waals surface area contributed by atoms with E-state index in [4.69, 9.17) is 1.43 Å². The molecular weight excluding hydrogens is 142 g/mol. The van der Waals surface area contributed by atoms with Gasteiger partial charge in [-0.05, 0) is 7.05 Å². The van der Waals surface area contributed by atoms with Crippen molar-refractivity contribution in [2.24, 2.45) is 0 Å². The van der Waals surface area contributed by atoms with Crippen LogP contribution >= 0.6 is 0 Å². The van der Waals surface area contributed by atoms with E-state index in [2.05, 4.69) is 20.4 Å². The summed E-state index contributed by atoms with van der Waals surface area (Å²) < 4.78 is 6.60. The van der Waals surface area contributed by atoms with Crippen LogP contribution < -0.4 is 5.32 Å². The molecule has 0 aromatic carbocycles. The number of likely N-dealkylation sites (N-methyl/N-ethyl adjacent to an activating group) is 1. The predicted octanol–water partition coefficient (Wildman–Crippen LogP) is -0.468. The van der Waals surface area contributed by atoms with Gasteiger partial charge in [-0.1, -0.05) is 0 Å². The van der Waals surface area contributed by atoms with E-state index in [-0.39, 0.29) is 6.04 Å². The van der Waals surface area contributed by atoms with Gasteiger partial charge in [0.25, 0.3) is 0 Å². The fourth-order valence-electron chi connectivity index (χ4n) is 0.906. The Balaban J connectivity index is 2.37. The summed E-state index contributed by atoms with van der Waals surface area (Å²) in [5.41, 5.74) is 1.05. The van der Waals surface area contributed by atoms with Crippen LogP contribution in [0.1, 0.15) is 5.69 Å². The van der Waals surface area contributed by atoms with E-state index >= 15 is 0 Å². The van der Waals surface area contributed by atoms with Crippen LogP contribution in [-0.4, -0.2) is 36.2 Å². The van der Waals surface area contributed by atoms with Gasteiger partial charge in [0, 0.05) is 24.4 Å². The summed E-state index contributed by atoms with van der Waals surface area (Å²) in [6.07, 6.45) is 4.22. The summed E-state index contributed by atoms with van der Waals surface area (Å²) in [4.78, 5) is 6.89. The number of aliphatic hydroxyl groups is 1. The maximum Gasteiger partial charge on any atom is 0.210 e. The number of aromatic nitrogens is 2. The Labute approximate surface area is 67.2 Å². The lowest BCUT2D eigenvalue weighted by Gasteiger charge is -2.10. The molecule has 1 unspecified atom stereocenters. The zero-order valence-corrected chi connectivity index (χ0v) is 6.50. The standard InChI is InChI=1S/C7H13N3O/c1-8-7(4-11)2-6-3-9-5-10-6/h3,5,7-8,11H,2,4H2,1H3,(H,9,10)/i11T. The van der Waals surface area contributed by atoms with Crippen molar-refractivity contribution in [2.75, 3.05) is 13.7 Å².